The van der Waals surface area contributed by atoms with E-state index in [0.29, 0.717) is 0 Å². The molecule has 0 nitrogen and oxygen atoms in total. The smallest absolute Gasteiger partial charge is 0.0162 e. The number of rotatable bonds is 6. The van der Waals surface area contributed by atoms with E-state index in [1.165, 1.54) is 44.1 Å². The summed E-state index contributed by atoms with van der Waals surface area (Å²) >= 11 is 0. The lowest BCUT2D eigenvalue weighted by molar-refractivity contribution is 0.133. The largest absolute Gasteiger partial charge is 0.0654 e. The van der Waals surface area contributed by atoms with Crippen LogP contribution in [0.2, 0.25) is 0 Å². The van der Waals surface area contributed by atoms with Crippen LogP contribution in [0.15, 0.2) is 24.3 Å². The van der Waals surface area contributed by atoms with Gasteiger partial charge in [-0.2, -0.15) is 0 Å². The molecule has 0 heterocycles. The molecule has 1 aromatic carbocycles. The summed E-state index contributed by atoms with van der Waals surface area (Å²) < 4.78 is 0. The van der Waals surface area contributed by atoms with Crippen LogP contribution >= 0.6 is 0 Å². The van der Waals surface area contributed by atoms with Crippen molar-refractivity contribution in [1.29, 1.82) is 0 Å². The molecule has 0 unspecified atom stereocenters. The van der Waals surface area contributed by atoms with E-state index in [1.54, 1.807) is 24.8 Å². The molecule has 2 fully saturated rings. The number of hydrogen-bond donors (Lipinski definition) is 0. The van der Waals surface area contributed by atoms with Crippen molar-refractivity contribution in [2.45, 2.75) is 84.0 Å². The molecule has 0 aliphatic heterocycles. The molecule has 0 spiro atoms. The summed E-state index contributed by atoms with van der Waals surface area (Å²) in [5.74, 6) is 4.06. The monoisotopic (exact) mass is 298 g/mol. The Morgan fingerprint density at radius 2 is 1.50 bits per heavy atom. The molecule has 2 aliphatic carbocycles. The molecule has 2 aliphatic rings. The Balaban J connectivity index is 1.40. The van der Waals surface area contributed by atoms with Gasteiger partial charge in [0, 0.05) is 0 Å². The molecule has 0 radical (unpaired) electrons. The van der Waals surface area contributed by atoms with Crippen molar-refractivity contribution in [3.63, 3.8) is 0 Å². The van der Waals surface area contributed by atoms with Crippen LogP contribution in [0.3, 0.4) is 0 Å². The van der Waals surface area contributed by atoms with E-state index >= 15 is 0 Å². The summed E-state index contributed by atoms with van der Waals surface area (Å²) in [5.41, 5.74) is 3.08. The third-order valence-corrected chi connectivity index (χ3v) is 6.40. The van der Waals surface area contributed by atoms with Gasteiger partial charge in [0.2, 0.25) is 0 Å². The molecule has 2 saturated carbocycles. The number of hydrogen-bond acceptors (Lipinski definition) is 0. The van der Waals surface area contributed by atoms with Crippen molar-refractivity contribution in [2.24, 2.45) is 17.8 Å². The highest BCUT2D eigenvalue weighted by atomic mass is 14.4. The second-order valence-electron chi connectivity index (χ2n) is 8.04. The molecule has 3 rings (SSSR count). The zero-order valence-electron chi connectivity index (χ0n) is 14.7. The molecule has 22 heavy (non-hydrogen) atoms. The Morgan fingerprint density at radius 3 is 2.09 bits per heavy atom. The van der Waals surface area contributed by atoms with E-state index in [1.807, 2.05) is 0 Å². The lowest BCUT2D eigenvalue weighted by Gasteiger charge is -2.39. The summed E-state index contributed by atoms with van der Waals surface area (Å²) in [5, 5.41) is 0. The highest BCUT2D eigenvalue weighted by Crippen LogP contribution is 2.45. The summed E-state index contributed by atoms with van der Waals surface area (Å²) in [7, 11) is 0. The maximum Gasteiger partial charge on any atom is -0.0162 e. The summed E-state index contributed by atoms with van der Waals surface area (Å²) in [6, 6.07) is 9.46. The van der Waals surface area contributed by atoms with Gasteiger partial charge in [-0.15, -0.1) is 0 Å². The molecule has 0 N–H and O–H groups in total. The van der Waals surface area contributed by atoms with Gasteiger partial charge in [-0.3, -0.25) is 0 Å². The second kappa shape index (κ2) is 7.66. The molecule has 1 aromatic rings. The van der Waals surface area contributed by atoms with Gasteiger partial charge in [0.15, 0.2) is 0 Å². The lowest BCUT2D eigenvalue weighted by atomic mass is 9.67. The lowest BCUT2D eigenvalue weighted by Crippen LogP contribution is -2.27. The molecular formula is C22H34. The van der Waals surface area contributed by atoms with Crippen LogP contribution in [-0.2, 0) is 6.42 Å². The van der Waals surface area contributed by atoms with Crippen LogP contribution in [0, 0.1) is 17.8 Å². The van der Waals surface area contributed by atoms with Crippen LogP contribution in [0.25, 0.3) is 0 Å². The summed E-state index contributed by atoms with van der Waals surface area (Å²) in [6.07, 6.45) is 14.5. The number of aryl methyl sites for hydroxylation is 1. The quantitative estimate of drug-likeness (QED) is 0.545. The molecule has 122 valence electrons. The molecule has 0 heteroatoms. The molecular weight excluding hydrogens is 264 g/mol. The van der Waals surface area contributed by atoms with Crippen LogP contribution in [-0.4, -0.2) is 0 Å². The van der Waals surface area contributed by atoms with Gasteiger partial charge in [-0.1, -0.05) is 51.0 Å². The van der Waals surface area contributed by atoms with Gasteiger partial charge in [0.05, 0.1) is 0 Å². The Kier molecular flexibility index (Phi) is 5.61. The van der Waals surface area contributed by atoms with Gasteiger partial charge in [-0.25, -0.2) is 0 Å². The molecule has 0 atom stereocenters. The van der Waals surface area contributed by atoms with E-state index in [4.69, 9.17) is 0 Å². The van der Waals surface area contributed by atoms with Crippen LogP contribution in [0.5, 0.6) is 0 Å². The van der Waals surface area contributed by atoms with Crippen molar-refractivity contribution in [2.75, 3.05) is 0 Å². The van der Waals surface area contributed by atoms with Crippen LogP contribution in [0.4, 0.5) is 0 Å². The molecule has 0 amide bonds. The van der Waals surface area contributed by atoms with Gasteiger partial charge in [0.25, 0.3) is 0 Å². The highest BCUT2D eigenvalue weighted by Gasteiger charge is 2.31. The Morgan fingerprint density at radius 1 is 0.818 bits per heavy atom. The van der Waals surface area contributed by atoms with Crippen molar-refractivity contribution in [3.05, 3.63) is 35.4 Å². The van der Waals surface area contributed by atoms with E-state index in [0.717, 1.165) is 30.1 Å². The maximum atomic E-state index is 2.39. The molecule has 0 aromatic heterocycles. The van der Waals surface area contributed by atoms with E-state index in [-0.39, 0.29) is 0 Å². The van der Waals surface area contributed by atoms with E-state index < -0.39 is 0 Å². The van der Waals surface area contributed by atoms with Crippen molar-refractivity contribution < 1.29 is 0 Å². The fraction of sp³-hybridized carbons (Fsp3) is 0.727. The number of benzene rings is 1. The fourth-order valence-electron chi connectivity index (χ4n) is 4.94. The second-order valence-corrected chi connectivity index (χ2v) is 8.04. The minimum atomic E-state index is 0.844. The topological polar surface area (TPSA) is 0 Å². The normalized spacial score (nSPS) is 31.7. The van der Waals surface area contributed by atoms with E-state index in [9.17, 15) is 0 Å². The van der Waals surface area contributed by atoms with Crippen molar-refractivity contribution >= 4 is 0 Å². The molecule has 0 saturated heterocycles. The highest BCUT2D eigenvalue weighted by molar-refractivity contribution is 5.25. The standard InChI is InChI=1S/C22H34/c1-3-5-19-15-20(16-19)14-18-8-12-22(13-9-18)21-10-6-17(4-2)7-11-21/h6-7,10-11,18-20,22H,3-5,8-9,12-16H2,1-2H3. The van der Waals surface area contributed by atoms with Gasteiger partial charge in [0.1, 0.15) is 0 Å². The predicted molar refractivity (Wildman–Crippen MR) is 96.3 cm³/mol. The Labute approximate surface area is 137 Å². The van der Waals surface area contributed by atoms with Crippen LogP contribution < -0.4 is 0 Å². The first-order chi connectivity index (χ1) is 10.8. The average Bonchev–Trinajstić information content (AvgIpc) is 2.54. The van der Waals surface area contributed by atoms with Gasteiger partial charge in [-0.05, 0) is 86.2 Å². The van der Waals surface area contributed by atoms with Gasteiger partial charge >= 0.3 is 0 Å². The van der Waals surface area contributed by atoms with Crippen LogP contribution in [0.1, 0.15) is 88.7 Å². The minimum absolute atomic E-state index is 0.844. The minimum Gasteiger partial charge on any atom is -0.0654 e. The maximum absolute atomic E-state index is 2.39. The first-order valence-electron chi connectivity index (χ1n) is 9.87. The third kappa shape index (κ3) is 3.94. The Hall–Kier alpha value is -0.780. The van der Waals surface area contributed by atoms with Crippen molar-refractivity contribution in [3.8, 4) is 0 Å². The van der Waals surface area contributed by atoms with Crippen molar-refractivity contribution in [1.82, 2.24) is 0 Å². The summed E-state index contributed by atoms with van der Waals surface area (Å²) in [6.45, 7) is 4.58. The SMILES string of the molecule is CCCC1CC(CC2CCC(c3ccc(CC)cc3)CC2)C1. The zero-order valence-corrected chi connectivity index (χ0v) is 14.7. The Bertz CT molecular complexity index is 430. The third-order valence-electron chi connectivity index (χ3n) is 6.40. The first-order valence-corrected chi connectivity index (χ1v) is 9.87. The fourth-order valence-corrected chi connectivity index (χ4v) is 4.94. The van der Waals surface area contributed by atoms with Gasteiger partial charge < -0.3 is 0 Å². The predicted octanol–water partition coefficient (Wildman–Crippen LogP) is 6.74. The summed E-state index contributed by atoms with van der Waals surface area (Å²) in [4.78, 5) is 0. The zero-order chi connectivity index (χ0) is 15.4. The first kappa shape index (κ1) is 16.1. The average molecular weight is 299 g/mol. The molecule has 0 bridgehead atoms. The van der Waals surface area contributed by atoms with E-state index in [2.05, 4.69) is 38.1 Å².